The predicted molar refractivity (Wildman–Crippen MR) is 80.0 cm³/mol. The van der Waals surface area contributed by atoms with Gasteiger partial charge in [0.15, 0.2) is 9.84 Å². The van der Waals surface area contributed by atoms with Gasteiger partial charge in [-0.1, -0.05) is 11.8 Å². The van der Waals surface area contributed by atoms with Crippen LogP contribution in [0.5, 0.6) is 5.75 Å². The van der Waals surface area contributed by atoms with E-state index in [1.807, 2.05) is 0 Å². The second-order valence-corrected chi connectivity index (χ2v) is 8.23. The Morgan fingerprint density at radius 3 is 2.64 bits per heavy atom. The Labute approximate surface area is 131 Å². The highest BCUT2D eigenvalue weighted by atomic mass is 32.2. The van der Waals surface area contributed by atoms with Gasteiger partial charge in [0, 0.05) is 0 Å². The van der Waals surface area contributed by atoms with Gasteiger partial charge in [-0.3, -0.25) is 0 Å². The highest BCUT2D eigenvalue weighted by Gasteiger charge is 2.38. The molecule has 118 valence electrons. The van der Waals surface area contributed by atoms with E-state index in [0.717, 1.165) is 5.69 Å². The largest absolute Gasteiger partial charge is 0.497 e. The van der Waals surface area contributed by atoms with Gasteiger partial charge in [-0.15, -0.1) is 5.10 Å². The van der Waals surface area contributed by atoms with Crippen LogP contribution >= 0.6 is 11.8 Å². The van der Waals surface area contributed by atoms with Crippen LogP contribution in [0.15, 0.2) is 29.4 Å². The zero-order chi connectivity index (χ0) is 15.7. The maximum atomic E-state index is 11.6. The second-order valence-electron chi connectivity index (χ2n) is 4.87. The van der Waals surface area contributed by atoms with Crippen molar-refractivity contribution in [1.82, 2.24) is 20.2 Å². The molecule has 8 nitrogen and oxygen atoms in total. The molecule has 1 aromatic carbocycles. The molecule has 1 N–H and O–H groups in total. The van der Waals surface area contributed by atoms with Crippen molar-refractivity contribution in [3.63, 3.8) is 0 Å². The van der Waals surface area contributed by atoms with Crippen LogP contribution in [-0.2, 0) is 9.84 Å². The molecule has 2 heterocycles. The molecule has 1 saturated heterocycles. The fraction of sp³-hybridized carbons (Fsp3) is 0.417. The van der Waals surface area contributed by atoms with Gasteiger partial charge in [-0.25, -0.2) is 8.42 Å². The summed E-state index contributed by atoms with van der Waals surface area (Å²) in [6.45, 7) is 0. The first-order chi connectivity index (χ1) is 10.5. The Kier molecular flexibility index (Phi) is 4.06. The van der Waals surface area contributed by atoms with E-state index in [9.17, 15) is 13.5 Å². The molecule has 1 aliphatic heterocycles. The average molecular weight is 342 g/mol. The third kappa shape index (κ3) is 3.08. The first-order valence-corrected chi connectivity index (χ1v) is 9.16. The minimum atomic E-state index is -3.20. The first-order valence-electron chi connectivity index (χ1n) is 6.46. The van der Waals surface area contributed by atoms with E-state index < -0.39 is 21.2 Å². The van der Waals surface area contributed by atoms with E-state index >= 15 is 0 Å². The molecule has 0 spiro atoms. The molecule has 22 heavy (non-hydrogen) atoms. The summed E-state index contributed by atoms with van der Waals surface area (Å²) in [5.41, 5.74) is 0.726. The van der Waals surface area contributed by atoms with Crippen molar-refractivity contribution < 1.29 is 18.3 Å². The second kappa shape index (κ2) is 5.86. The van der Waals surface area contributed by atoms with Gasteiger partial charge in [0.25, 0.3) is 0 Å². The molecular weight excluding hydrogens is 328 g/mol. The van der Waals surface area contributed by atoms with Crippen LogP contribution in [0.3, 0.4) is 0 Å². The molecule has 0 amide bonds. The quantitative estimate of drug-likeness (QED) is 0.822. The highest BCUT2D eigenvalue weighted by molar-refractivity contribution is 8.01. The molecule has 0 unspecified atom stereocenters. The summed E-state index contributed by atoms with van der Waals surface area (Å²) in [5.74, 6) is 0.423. The molecule has 0 bridgehead atoms. The monoisotopic (exact) mass is 342 g/mol. The maximum Gasteiger partial charge on any atom is 0.214 e. The lowest BCUT2D eigenvalue weighted by atomic mass is 10.3. The minimum Gasteiger partial charge on any atom is -0.497 e. The third-order valence-corrected chi connectivity index (χ3v) is 6.46. The number of benzene rings is 1. The van der Waals surface area contributed by atoms with Gasteiger partial charge in [0.2, 0.25) is 5.16 Å². The maximum absolute atomic E-state index is 11.6. The Hall–Kier alpha value is -1.65. The van der Waals surface area contributed by atoms with Crippen LogP contribution < -0.4 is 4.74 Å². The zero-order valence-corrected chi connectivity index (χ0v) is 13.3. The fourth-order valence-electron chi connectivity index (χ4n) is 2.18. The third-order valence-electron chi connectivity index (χ3n) is 3.29. The Bertz CT molecular complexity index is 760. The molecule has 0 aliphatic carbocycles. The van der Waals surface area contributed by atoms with E-state index in [0.29, 0.717) is 10.9 Å². The minimum absolute atomic E-state index is 0.0751. The van der Waals surface area contributed by atoms with Crippen LogP contribution in [0.25, 0.3) is 5.69 Å². The summed E-state index contributed by atoms with van der Waals surface area (Å²) in [6, 6.07) is 7.14. The van der Waals surface area contributed by atoms with Crippen molar-refractivity contribution in [3.8, 4) is 11.4 Å². The number of hydrogen-bond acceptors (Lipinski definition) is 8. The van der Waals surface area contributed by atoms with Crippen molar-refractivity contribution in [2.75, 3.05) is 18.6 Å². The van der Waals surface area contributed by atoms with Crippen LogP contribution in [0.4, 0.5) is 0 Å². The number of hydrogen-bond donors (Lipinski definition) is 1. The number of aliphatic hydroxyl groups excluding tert-OH is 1. The molecular formula is C12H14N4O4S2. The van der Waals surface area contributed by atoms with E-state index in [1.165, 1.54) is 16.4 Å². The number of thioether (sulfide) groups is 1. The summed E-state index contributed by atoms with van der Waals surface area (Å²) < 4.78 is 29.7. The molecule has 1 aromatic heterocycles. The summed E-state index contributed by atoms with van der Waals surface area (Å²) in [4.78, 5) is 0. The molecule has 10 heteroatoms. The number of aromatic nitrogens is 4. The van der Waals surface area contributed by atoms with Crippen molar-refractivity contribution in [1.29, 1.82) is 0 Å². The lowest BCUT2D eigenvalue weighted by molar-refractivity contribution is 0.207. The molecule has 3 rings (SSSR count). The Balaban J connectivity index is 1.83. The molecule has 0 radical (unpaired) electrons. The standard InChI is InChI=1S/C12H14N4O4S2/c1-20-9-4-2-8(3-5-9)16-12(13-14-15-16)21-11-7-22(18,19)6-10(11)17/h2-5,10-11,17H,6-7H2,1H3/t10-,11-/m0/s1. The summed E-state index contributed by atoms with van der Waals surface area (Å²) in [5, 5.41) is 21.3. The molecule has 1 aliphatic rings. The van der Waals surface area contributed by atoms with Gasteiger partial charge in [-0.05, 0) is 34.7 Å². The van der Waals surface area contributed by atoms with Crippen molar-refractivity contribution >= 4 is 21.6 Å². The van der Waals surface area contributed by atoms with Gasteiger partial charge in [0.05, 0.1) is 35.7 Å². The summed E-state index contributed by atoms with van der Waals surface area (Å²) in [7, 11) is -1.62. The van der Waals surface area contributed by atoms with Crippen molar-refractivity contribution in [3.05, 3.63) is 24.3 Å². The van der Waals surface area contributed by atoms with Crippen LogP contribution in [0, 0.1) is 0 Å². The lowest BCUT2D eigenvalue weighted by Crippen LogP contribution is -2.20. The Morgan fingerprint density at radius 2 is 2.05 bits per heavy atom. The first kappa shape index (κ1) is 15.3. The number of nitrogens with zero attached hydrogens (tertiary/aromatic N) is 4. The number of sulfone groups is 1. The summed E-state index contributed by atoms with van der Waals surface area (Å²) in [6.07, 6.45) is -0.906. The number of methoxy groups -OCH3 is 1. The van der Waals surface area contributed by atoms with Crippen LogP contribution in [0.2, 0.25) is 0 Å². The smallest absolute Gasteiger partial charge is 0.214 e. The molecule has 2 aromatic rings. The van der Waals surface area contributed by atoms with Crippen molar-refractivity contribution in [2.24, 2.45) is 0 Å². The number of aliphatic hydroxyl groups is 1. The van der Waals surface area contributed by atoms with Gasteiger partial charge in [0.1, 0.15) is 5.75 Å². The van der Waals surface area contributed by atoms with E-state index in [4.69, 9.17) is 4.74 Å². The topological polar surface area (TPSA) is 107 Å². The lowest BCUT2D eigenvalue weighted by Gasteiger charge is -2.11. The zero-order valence-electron chi connectivity index (χ0n) is 11.7. The highest BCUT2D eigenvalue weighted by Crippen LogP contribution is 2.30. The summed E-state index contributed by atoms with van der Waals surface area (Å²) >= 11 is 1.17. The number of rotatable bonds is 4. The molecule has 1 fully saturated rings. The number of ether oxygens (including phenoxy) is 1. The van der Waals surface area contributed by atoms with Gasteiger partial charge >= 0.3 is 0 Å². The average Bonchev–Trinajstić information content (AvgIpc) is 3.03. The van der Waals surface area contributed by atoms with Crippen LogP contribution in [-0.4, -0.2) is 63.7 Å². The normalized spacial score (nSPS) is 23.5. The SMILES string of the molecule is COc1ccc(-n2nnnc2S[C@H]2CS(=O)(=O)C[C@@H]2O)cc1. The van der Waals surface area contributed by atoms with E-state index in [-0.39, 0.29) is 11.5 Å². The number of tetrazole rings is 1. The fourth-order valence-corrected chi connectivity index (χ4v) is 5.66. The predicted octanol–water partition coefficient (Wildman–Crippen LogP) is -0.0791. The van der Waals surface area contributed by atoms with Crippen molar-refractivity contribution in [2.45, 2.75) is 16.5 Å². The van der Waals surface area contributed by atoms with E-state index in [2.05, 4.69) is 15.5 Å². The van der Waals surface area contributed by atoms with Gasteiger partial charge in [-0.2, -0.15) is 4.68 Å². The Morgan fingerprint density at radius 1 is 1.32 bits per heavy atom. The van der Waals surface area contributed by atoms with Gasteiger partial charge < -0.3 is 9.84 Å². The molecule has 0 saturated carbocycles. The molecule has 2 atom stereocenters. The van der Waals surface area contributed by atoms with Crippen LogP contribution in [0.1, 0.15) is 0 Å². The van der Waals surface area contributed by atoms with E-state index in [1.54, 1.807) is 31.4 Å².